The van der Waals surface area contributed by atoms with Crippen LogP contribution in [0.5, 0.6) is 0 Å². The summed E-state index contributed by atoms with van der Waals surface area (Å²) in [5.41, 5.74) is -0.329. The molecule has 0 saturated heterocycles. The van der Waals surface area contributed by atoms with Crippen molar-refractivity contribution in [1.82, 2.24) is 5.32 Å². The van der Waals surface area contributed by atoms with E-state index in [4.69, 9.17) is 0 Å². The van der Waals surface area contributed by atoms with Gasteiger partial charge < -0.3 is 5.32 Å². The first-order chi connectivity index (χ1) is 20.9. The van der Waals surface area contributed by atoms with Crippen LogP contribution < -0.4 is 5.32 Å². The van der Waals surface area contributed by atoms with Crippen molar-refractivity contribution in [2.24, 2.45) is 44.8 Å². The van der Waals surface area contributed by atoms with Crippen molar-refractivity contribution in [1.29, 1.82) is 5.26 Å². The molecule has 238 valence electrons. The number of nitrogens with one attached hydrogen (secondary N) is 1. The Labute approximate surface area is 267 Å². The average Bonchev–Trinajstić information content (AvgIpc) is 2.96. The van der Waals surface area contributed by atoms with Gasteiger partial charge in [-0.1, -0.05) is 72.2 Å². The highest BCUT2D eigenvalue weighted by atomic mass is 19.1. The highest BCUT2D eigenvalue weighted by Gasteiger charge is 2.70. The van der Waals surface area contributed by atoms with Crippen LogP contribution >= 0.6 is 0 Å². The summed E-state index contributed by atoms with van der Waals surface area (Å²) in [5.74, 6) is -0.749. The third-order valence-electron chi connectivity index (χ3n) is 13.5. The van der Waals surface area contributed by atoms with E-state index >= 15 is 0 Å². The van der Waals surface area contributed by atoms with Crippen molar-refractivity contribution in [2.75, 3.05) is 0 Å². The standard InChI is InChI=1S/C39H47FN2O3/c1-34(2)16-18-39(42-31(44)13-10-24-8-11-26(40)12-9-24)19-17-38(7)32(27(39)22-34)28(43)20-30-36(5)21-25(23-41)33(45)35(3,4)29(36)14-15-37(30,38)6/h8-13,20-21,27,29,32H,14-19,22H2,1-7H3,(H,42,44)/b13-10+/t27-,29-,32-,36-,37+,38+,39-/m0/s1. The molecule has 0 heterocycles. The lowest BCUT2D eigenvalue weighted by molar-refractivity contribution is -0.163. The first-order valence-electron chi connectivity index (χ1n) is 16.6. The number of hydrogen-bond acceptors (Lipinski definition) is 4. The van der Waals surface area contributed by atoms with Crippen LogP contribution in [-0.4, -0.2) is 23.0 Å². The molecule has 0 spiro atoms. The van der Waals surface area contributed by atoms with E-state index in [1.807, 2.05) is 26.0 Å². The number of carbonyl (C=O) groups excluding carboxylic acids is 3. The molecule has 3 saturated carbocycles. The summed E-state index contributed by atoms with van der Waals surface area (Å²) >= 11 is 0. The second kappa shape index (κ2) is 10.1. The van der Waals surface area contributed by atoms with E-state index in [-0.39, 0.29) is 62.9 Å². The summed E-state index contributed by atoms with van der Waals surface area (Å²) in [4.78, 5) is 41.5. The van der Waals surface area contributed by atoms with E-state index in [1.54, 1.807) is 18.2 Å². The highest BCUT2D eigenvalue weighted by Crippen LogP contribution is 2.73. The maximum atomic E-state index is 14.7. The molecule has 1 aromatic carbocycles. The molecule has 5 aliphatic carbocycles. The number of halogens is 1. The lowest BCUT2D eigenvalue weighted by atomic mass is 9.35. The number of fused-ring (bicyclic) bond motifs is 7. The second-order valence-corrected chi connectivity index (χ2v) is 16.8. The fraction of sp³-hybridized carbons (Fsp3) is 0.590. The Morgan fingerprint density at radius 3 is 2.31 bits per heavy atom. The van der Waals surface area contributed by atoms with E-state index in [2.05, 4.69) is 46.0 Å². The van der Waals surface area contributed by atoms with Crippen molar-refractivity contribution >= 4 is 23.5 Å². The van der Waals surface area contributed by atoms with Gasteiger partial charge in [0.15, 0.2) is 11.6 Å². The van der Waals surface area contributed by atoms with E-state index in [0.29, 0.717) is 0 Å². The lowest BCUT2D eigenvalue weighted by Gasteiger charge is -2.69. The number of benzene rings is 1. The van der Waals surface area contributed by atoms with Crippen LogP contribution in [0.4, 0.5) is 4.39 Å². The van der Waals surface area contributed by atoms with Crippen LogP contribution in [0.3, 0.4) is 0 Å². The van der Waals surface area contributed by atoms with Crippen molar-refractivity contribution in [3.8, 4) is 6.07 Å². The van der Waals surface area contributed by atoms with Gasteiger partial charge in [0.05, 0.1) is 5.57 Å². The molecule has 6 rings (SSSR count). The third kappa shape index (κ3) is 4.55. The van der Waals surface area contributed by atoms with Gasteiger partial charge in [-0.2, -0.15) is 5.26 Å². The summed E-state index contributed by atoms with van der Waals surface area (Å²) in [7, 11) is 0. The number of rotatable bonds is 3. The van der Waals surface area contributed by atoms with Gasteiger partial charge >= 0.3 is 0 Å². The molecule has 6 heteroatoms. The first-order valence-corrected chi connectivity index (χ1v) is 16.6. The normalized spacial score (nSPS) is 39.8. The van der Waals surface area contributed by atoms with Crippen molar-refractivity contribution in [3.05, 3.63) is 65.0 Å². The van der Waals surface area contributed by atoms with Crippen LogP contribution in [0.15, 0.2) is 53.6 Å². The number of nitriles is 1. The summed E-state index contributed by atoms with van der Waals surface area (Å²) in [6.45, 7) is 15.3. The van der Waals surface area contributed by atoms with E-state index in [1.165, 1.54) is 18.2 Å². The molecule has 45 heavy (non-hydrogen) atoms. The Kier molecular flexibility index (Phi) is 7.09. The summed E-state index contributed by atoms with van der Waals surface area (Å²) in [5, 5.41) is 13.4. The SMILES string of the molecule is CC1(C)CC[C@]2(NC(=O)/C=C/c3ccc(F)cc3)CC[C@]3(C)[C@H](C(=O)C=C4[C@@]5(C)C=C(C#N)C(=O)C(C)(C)[C@@H]5CC[C@]43C)[C@@H]2C1. The lowest BCUT2D eigenvalue weighted by Crippen LogP contribution is -2.69. The minimum atomic E-state index is -0.696. The molecule has 7 atom stereocenters. The topological polar surface area (TPSA) is 87.0 Å². The average molecular weight is 611 g/mol. The minimum Gasteiger partial charge on any atom is -0.347 e. The second-order valence-electron chi connectivity index (χ2n) is 16.8. The van der Waals surface area contributed by atoms with Gasteiger partial charge in [0, 0.05) is 28.4 Å². The van der Waals surface area contributed by atoms with Crippen molar-refractivity contribution < 1.29 is 18.8 Å². The summed E-state index contributed by atoms with van der Waals surface area (Å²) in [6, 6.07) is 8.24. The van der Waals surface area contributed by atoms with E-state index in [9.17, 15) is 24.0 Å². The van der Waals surface area contributed by atoms with Crippen molar-refractivity contribution in [3.63, 3.8) is 0 Å². The van der Waals surface area contributed by atoms with Gasteiger partial charge in [-0.15, -0.1) is 0 Å². The van der Waals surface area contributed by atoms with Crippen LogP contribution in [0, 0.1) is 62.0 Å². The number of ketones is 2. The Hall–Kier alpha value is -3.33. The summed E-state index contributed by atoms with van der Waals surface area (Å²) < 4.78 is 13.4. The fourth-order valence-electron chi connectivity index (χ4n) is 10.9. The monoisotopic (exact) mass is 610 g/mol. The Bertz CT molecular complexity index is 1610. The van der Waals surface area contributed by atoms with E-state index < -0.39 is 16.4 Å². The van der Waals surface area contributed by atoms with Gasteiger partial charge in [0.1, 0.15) is 11.9 Å². The van der Waals surface area contributed by atoms with Gasteiger partial charge in [0.25, 0.3) is 0 Å². The molecule has 5 aliphatic rings. The Balaban J connectivity index is 1.41. The zero-order valence-corrected chi connectivity index (χ0v) is 27.9. The van der Waals surface area contributed by atoms with Gasteiger partial charge in [-0.05, 0) is 103 Å². The Morgan fingerprint density at radius 1 is 0.978 bits per heavy atom. The van der Waals surface area contributed by atoms with Crippen LogP contribution in [0.2, 0.25) is 0 Å². The van der Waals surface area contributed by atoms with E-state index in [0.717, 1.165) is 56.1 Å². The minimum absolute atomic E-state index is 0.00496. The predicted molar refractivity (Wildman–Crippen MR) is 173 cm³/mol. The number of allylic oxidation sites excluding steroid dienone is 4. The fourth-order valence-corrected chi connectivity index (χ4v) is 10.9. The smallest absolute Gasteiger partial charge is 0.244 e. The van der Waals surface area contributed by atoms with Crippen LogP contribution in [-0.2, 0) is 14.4 Å². The van der Waals surface area contributed by atoms with Crippen LogP contribution in [0.1, 0.15) is 99.0 Å². The maximum Gasteiger partial charge on any atom is 0.244 e. The molecule has 3 fully saturated rings. The quantitative estimate of drug-likeness (QED) is 0.352. The molecule has 0 bridgehead atoms. The number of carbonyl (C=O) groups is 3. The largest absolute Gasteiger partial charge is 0.347 e. The predicted octanol–water partition coefficient (Wildman–Crippen LogP) is 7.93. The third-order valence-corrected chi connectivity index (χ3v) is 13.5. The molecule has 1 amide bonds. The summed E-state index contributed by atoms with van der Waals surface area (Å²) in [6.07, 6.45) is 13.0. The number of Topliss-reactive ketones (excluding diaryl/α,β-unsaturated/α-hetero) is 1. The van der Waals surface area contributed by atoms with Crippen molar-refractivity contribution in [2.45, 2.75) is 99.0 Å². The first kappa shape index (κ1) is 31.6. The molecular weight excluding hydrogens is 563 g/mol. The molecule has 0 radical (unpaired) electrons. The molecule has 0 aliphatic heterocycles. The van der Waals surface area contributed by atoms with Crippen LogP contribution in [0.25, 0.3) is 6.08 Å². The molecular formula is C39H47FN2O3. The zero-order valence-electron chi connectivity index (χ0n) is 27.9. The molecule has 0 aromatic heterocycles. The molecule has 1 aromatic rings. The van der Waals surface area contributed by atoms with Gasteiger partial charge in [-0.3, -0.25) is 14.4 Å². The van der Waals surface area contributed by atoms with Gasteiger partial charge in [0.2, 0.25) is 5.91 Å². The molecule has 1 N–H and O–H groups in total. The number of nitrogens with zero attached hydrogens (tertiary/aromatic N) is 1. The number of hydrogen-bond donors (Lipinski definition) is 1. The maximum absolute atomic E-state index is 14.7. The molecule has 5 nitrogen and oxygen atoms in total. The van der Waals surface area contributed by atoms with Gasteiger partial charge in [-0.25, -0.2) is 4.39 Å². The molecule has 0 unspecified atom stereocenters. The zero-order chi connectivity index (χ0) is 32.8. The number of amides is 1. The highest BCUT2D eigenvalue weighted by molar-refractivity contribution is 6.04. The Morgan fingerprint density at radius 2 is 1.64 bits per heavy atom.